The highest BCUT2D eigenvalue weighted by molar-refractivity contribution is 5.83. The number of nitrogens with zero attached hydrogens (tertiary/aromatic N) is 4. The van der Waals surface area contributed by atoms with Gasteiger partial charge in [-0.15, -0.1) is 0 Å². The fourth-order valence-electron chi connectivity index (χ4n) is 1.78. The summed E-state index contributed by atoms with van der Waals surface area (Å²) < 4.78 is 6.56. The van der Waals surface area contributed by atoms with Gasteiger partial charge in [-0.05, 0) is 6.07 Å². The molecule has 8 nitrogen and oxygen atoms in total. The monoisotopic (exact) mass is 278 g/mol. The highest BCUT2D eigenvalue weighted by Crippen LogP contribution is 2.29. The van der Waals surface area contributed by atoms with E-state index in [1.54, 1.807) is 30.9 Å². The zero-order chi connectivity index (χ0) is 14.9. The van der Waals surface area contributed by atoms with Crippen molar-refractivity contribution in [2.75, 3.05) is 21.2 Å². The fraction of sp³-hybridized carbons (Fsp3) is 0.333. The molecule has 1 amide bonds. The van der Waals surface area contributed by atoms with E-state index in [-0.39, 0.29) is 24.0 Å². The molecule has 2 heterocycles. The summed E-state index contributed by atoms with van der Waals surface area (Å²) in [5.41, 5.74) is 0.277. The Bertz CT molecular complexity index is 677. The van der Waals surface area contributed by atoms with Gasteiger partial charge in [-0.1, -0.05) is 0 Å². The number of carbonyl (C=O) groups excluding carboxylic acids is 1. The highest BCUT2D eigenvalue weighted by atomic mass is 16.6. The first-order valence-corrected chi connectivity index (χ1v) is 5.82. The second-order valence-corrected chi connectivity index (χ2v) is 4.42. The van der Waals surface area contributed by atoms with Crippen molar-refractivity contribution in [1.29, 1.82) is 0 Å². The minimum atomic E-state index is -0.548. The van der Waals surface area contributed by atoms with Crippen molar-refractivity contribution in [2.24, 2.45) is 0 Å². The molecule has 0 atom stereocenters. The number of ether oxygens (including phenoxy) is 1. The van der Waals surface area contributed by atoms with E-state index in [0.29, 0.717) is 11.0 Å². The predicted octanol–water partition coefficient (Wildman–Crippen LogP) is 1.04. The number of aromatic nitrogens is 2. The normalized spacial score (nSPS) is 10.6. The van der Waals surface area contributed by atoms with E-state index in [1.807, 2.05) is 0 Å². The van der Waals surface area contributed by atoms with E-state index in [1.165, 1.54) is 18.1 Å². The van der Waals surface area contributed by atoms with E-state index < -0.39 is 4.92 Å². The molecule has 20 heavy (non-hydrogen) atoms. The molecule has 2 aromatic heterocycles. The number of methoxy groups -OCH3 is 1. The molecule has 0 bridgehead atoms. The molecule has 0 N–H and O–H groups in total. The van der Waals surface area contributed by atoms with Crippen LogP contribution in [-0.2, 0) is 11.3 Å². The minimum absolute atomic E-state index is 0.0697. The third-order valence-electron chi connectivity index (χ3n) is 2.88. The van der Waals surface area contributed by atoms with Gasteiger partial charge in [0.25, 0.3) is 5.88 Å². The zero-order valence-electron chi connectivity index (χ0n) is 11.4. The Morgan fingerprint density at radius 2 is 2.25 bits per heavy atom. The van der Waals surface area contributed by atoms with Crippen molar-refractivity contribution in [3.05, 3.63) is 28.4 Å². The van der Waals surface area contributed by atoms with Gasteiger partial charge in [0.05, 0.1) is 12.0 Å². The van der Waals surface area contributed by atoms with Gasteiger partial charge in [-0.2, -0.15) is 4.98 Å². The largest absolute Gasteiger partial charge is 0.476 e. The smallest absolute Gasteiger partial charge is 0.331 e. The van der Waals surface area contributed by atoms with Crippen LogP contribution in [0.2, 0.25) is 0 Å². The quantitative estimate of drug-likeness (QED) is 0.615. The molecule has 0 saturated heterocycles. The first-order chi connectivity index (χ1) is 9.43. The molecule has 0 aromatic carbocycles. The molecule has 0 spiro atoms. The van der Waals surface area contributed by atoms with Crippen LogP contribution in [0.15, 0.2) is 18.3 Å². The third-order valence-corrected chi connectivity index (χ3v) is 2.88. The van der Waals surface area contributed by atoms with E-state index in [0.717, 1.165) is 0 Å². The SMILES string of the molecule is COc1nc2c(ccn2CC(=O)N(C)C)cc1[N+](=O)[O-]. The molecule has 0 aliphatic heterocycles. The molecule has 0 fully saturated rings. The van der Waals surface area contributed by atoms with Gasteiger partial charge >= 0.3 is 5.69 Å². The van der Waals surface area contributed by atoms with Crippen LogP contribution < -0.4 is 4.74 Å². The molecule has 2 aromatic rings. The lowest BCUT2D eigenvalue weighted by atomic mass is 10.3. The van der Waals surface area contributed by atoms with Gasteiger partial charge in [-0.3, -0.25) is 14.9 Å². The standard InChI is InChI=1S/C12H14N4O4/c1-14(2)10(17)7-15-5-4-8-6-9(16(18)19)12(20-3)13-11(8)15/h4-6H,7H2,1-3H3. The van der Waals surface area contributed by atoms with Crippen molar-refractivity contribution in [2.45, 2.75) is 6.54 Å². The first-order valence-electron chi connectivity index (χ1n) is 5.82. The third kappa shape index (κ3) is 2.40. The molecule has 0 aliphatic carbocycles. The lowest BCUT2D eigenvalue weighted by Gasteiger charge is -2.11. The van der Waals surface area contributed by atoms with Gasteiger partial charge in [0.15, 0.2) is 0 Å². The summed E-state index contributed by atoms with van der Waals surface area (Å²) in [6.45, 7) is 0.116. The molecule has 0 unspecified atom stereocenters. The van der Waals surface area contributed by atoms with Crippen LogP contribution in [0.1, 0.15) is 0 Å². The number of likely N-dealkylation sites (N-methyl/N-ethyl adjacent to an activating group) is 1. The molecular formula is C12H14N4O4. The Kier molecular flexibility index (Phi) is 3.55. The van der Waals surface area contributed by atoms with E-state index in [2.05, 4.69) is 4.98 Å². The second kappa shape index (κ2) is 5.16. The van der Waals surface area contributed by atoms with Crippen LogP contribution >= 0.6 is 0 Å². The Hall–Kier alpha value is -2.64. The molecule has 106 valence electrons. The summed E-state index contributed by atoms with van der Waals surface area (Å²) >= 11 is 0. The van der Waals surface area contributed by atoms with Crippen molar-refractivity contribution >= 4 is 22.6 Å². The number of carbonyl (C=O) groups is 1. The Morgan fingerprint density at radius 1 is 1.55 bits per heavy atom. The van der Waals surface area contributed by atoms with Crippen LogP contribution in [0.5, 0.6) is 5.88 Å². The predicted molar refractivity (Wildman–Crippen MR) is 71.6 cm³/mol. The number of hydrogen-bond acceptors (Lipinski definition) is 5. The summed E-state index contributed by atoms with van der Waals surface area (Å²) in [6, 6.07) is 3.06. The average molecular weight is 278 g/mol. The first kappa shape index (κ1) is 13.8. The number of nitro groups is 1. The van der Waals surface area contributed by atoms with Gasteiger partial charge in [0.1, 0.15) is 12.2 Å². The van der Waals surface area contributed by atoms with E-state index in [9.17, 15) is 14.9 Å². The van der Waals surface area contributed by atoms with E-state index in [4.69, 9.17) is 4.74 Å². The summed E-state index contributed by atoms with van der Waals surface area (Å²) in [4.78, 5) is 27.7. The number of hydrogen-bond donors (Lipinski definition) is 0. The molecular weight excluding hydrogens is 264 g/mol. The van der Waals surface area contributed by atoms with Crippen molar-refractivity contribution in [1.82, 2.24) is 14.5 Å². The zero-order valence-corrected chi connectivity index (χ0v) is 11.4. The Labute approximate surface area is 114 Å². The molecule has 8 heteroatoms. The van der Waals surface area contributed by atoms with Crippen LogP contribution in [0.25, 0.3) is 11.0 Å². The molecule has 0 radical (unpaired) electrons. The van der Waals surface area contributed by atoms with Crippen LogP contribution in [0.4, 0.5) is 5.69 Å². The van der Waals surface area contributed by atoms with Gasteiger partial charge in [0, 0.05) is 31.7 Å². The van der Waals surface area contributed by atoms with Crippen molar-refractivity contribution in [3.63, 3.8) is 0 Å². The number of rotatable bonds is 4. The van der Waals surface area contributed by atoms with Gasteiger partial charge in [-0.25, -0.2) is 0 Å². The summed E-state index contributed by atoms with van der Waals surface area (Å²) in [7, 11) is 4.64. The molecule has 0 saturated carbocycles. The topological polar surface area (TPSA) is 90.5 Å². The fourth-order valence-corrected chi connectivity index (χ4v) is 1.78. The lowest BCUT2D eigenvalue weighted by molar-refractivity contribution is -0.386. The summed E-state index contributed by atoms with van der Waals surface area (Å²) in [6.07, 6.45) is 1.67. The maximum atomic E-state index is 11.7. The maximum Gasteiger partial charge on any atom is 0.331 e. The van der Waals surface area contributed by atoms with Crippen LogP contribution in [-0.4, -0.2) is 46.5 Å². The number of pyridine rings is 1. The van der Waals surface area contributed by atoms with Crippen LogP contribution in [0, 0.1) is 10.1 Å². The summed E-state index contributed by atoms with van der Waals surface area (Å²) in [5.74, 6) is -0.165. The average Bonchev–Trinajstić information content (AvgIpc) is 2.79. The Morgan fingerprint density at radius 3 is 2.80 bits per heavy atom. The Balaban J connectivity index is 2.50. The highest BCUT2D eigenvalue weighted by Gasteiger charge is 2.20. The van der Waals surface area contributed by atoms with Crippen molar-refractivity contribution < 1.29 is 14.5 Å². The van der Waals surface area contributed by atoms with E-state index >= 15 is 0 Å². The minimum Gasteiger partial charge on any atom is -0.476 e. The second-order valence-electron chi connectivity index (χ2n) is 4.42. The van der Waals surface area contributed by atoms with Gasteiger partial charge < -0.3 is 14.2 Å². The number of amides is 1. The molecule has 2 rings (SSSR count). The number of fused-ring (bicyclic) bond motifs is 1. The summed E-state index contributed by atoms with van der Waals surface area (Å²) in [5, 5.41) is 11.5. The van der Waals surface area contributed by atoms with Crippen molar-refractivity contribution in [3.8, 4) is 5.88 Å². The van der Waals surface area contributed by atoms with Crippen LogP contribution in [0.3, 0.4) is 0 Å². The lowest BCUT2D eigenvalue weighted by Crippen LogP contribution is -2.26. The van der Waals surface area contributed by atoms with Gasteiger partial charge in [0.2, 0.25) is 5.91 Å². The molecule has 0 aliphatic rings. The maximum absolute atomic E-state index is 11.7.